The second kappa shape index (κ2) is 9.35. The fourth-order valence-corrected chi connectivity index (χ4v) is 3.45. The van der Waals surface area contributed by atoms with Gasteiger partial charge in [0, 0.05) is 34.9 Å². The molecule has 1 amide bonds. The summed E-state index contributed by atoms with van der Waals surface area (Å²) in [5, 5.41) is 2.84. The Morgan fingerprint density at radius 2 is 1.67 bits per heavy atom. The maximum absolute atomic E-state index is 12.2. The molecular formula is C19H24N2O2S. The minimum Gasteiger partial charge on any atom is -0.355 e. The molecule has 2 aromatic carbocycles. The fourth-order valence-electron chi connectivity index (χ4n) is 2.41. The van der Waals surface area contributed by atoms with E-state index < -0.39 is 10.8 Å². The first-order chi connectivity index (χ1) is 11.6. The molecule has 128 valence electrons. The normalized spacial score (nSPS) is 14.6. The van der Waals surface area contributed by atoms with Crippen LogP contribution in [0.2, 0.25) is 0 Å². The van der Waals surface area contributed by atoms with E-state index in [1.807, 2.05) is 67.6 Å². The zero-order valence-electron chi connectivity index (χ0n) is 13.9. The molecule has 0 aliphatic heterocycles. The number of benzene rings is 2. The van der Waals surface area contributed by atoms with E-state index in [4.69, 9.17) is 5.73 Å². The van der Waals surface area contributed by atoms with E-state index >= 15 is 0 Å². The maximum atomic E-state index is 12.2. The van der Waals surface area contributed by atoms with Crippen LogP contribution in [0.15, 0.2) is 60.7 Å². The number of nitrogens with one attached hydrogen (secondary N) is 1. The smallest absolute Gasteiger partial charge is 0.224 e. The molecule has 3 atom stereocenters. The highest BCUT2D eigenvalue weighted by atomic mass is 32.2. The Morgan fingerprint density at radius 1 is 1.08 bits per heavy atom. The molecule has 2 rings (SSSR count). The summed E-state index contributed by atoms with van der Waals surface area (Å²) in [6, 6.07) is 18.9. The summed E-state index contributed by atoms with van der Waals surface area (Å²) in [7, 11) is -0.993. The number of rotatable bonds is 8. The van der Waals surface area contributed by atoms with Crippen LogP contribution in [-0.2, 0) is 21.3 Å². The zero-order valence-corrected chi connectivity index (χ0v) is 14.7. The Kier molecular flexibility index (Phi) is 7.15. The molecule has 0 bridgehead atoms. The molecule has 3 unspecified atom stereocenters. The number of carbonyl (C=O) groups excluding carboxylic acids is 1. The Morgan fingerprint density at radius 3 is 2.29 bits per heavy atom. The van der Waals surface area contributed by atoms with E-state index in [9.17, 15) is 9.00 Å². The van der Waals surface area contributed by atoms with Crippen LogP contribution in [0.3, 0.4) is 0 Å². The van der Waals surface area contributed by atoms with Crippen LogP contribution < -0.4 is 11.1 Å². The second-order valence-electron chi connectivity index (χ2n) is 5.79. The molecule has 0 spiro atoms. The minimum atomic E-state index is -0.993. The van der Waals surface area contributed by atoms with Crippen molar-refractivity contribution in [1.29, 1.82) is 0 Å². The summed E-state index contributed by atoms with van der Waals surface area (Å²) in [6.45, 7) is 2.21. The number of hydrogen-bond acceptors (Lipinski definition) is 3. The number of carbonyl (C=O) groups is 1. The largest absolute Gasteiger partial charge is 0.355 e. The van der Waals surface area contributed by atoms with Gasteiger partial charge in [-0.2, -0.15) is 0 Å². The first-order valence-corrected chi connectivity index (χ1v) is 9.54. The molecule has 0 heterocycles. The highest BCUT2D eigenvalue weighted by molar-refractivity contribution is 7.84. The average molecular weight is 344 g/mol. The van der Waals surface area contributed by atoms with Gasteiger partial charge in [0.2, 0.25) is 5.91 Å². The summed E-state index contributed by atoms with van der Waals surface area (Å²) in [4.78, 5) is 12.2. The molecule has 3 N–H and O–H groups in total. The quantitative estimate of drug-likeness (QED) is 0.772. The predicted molar refractivity (Wildman–Crippen MR) is 98.7 cm³/mol. The Labute approximate surface area is 145 Å². The highest BCUT2D eigenvalue weighted by Crippen LogP contribution is 2.18. The van der Waals surface area contributed by atoms with Gasteiger partial charge in [-0.25, -0.2) is 0 Å². The van der Waals surface area contributed by atoms with Crippen LogP contribution in [0, 0.1) is 5.92 Å². The van der Waals surface area contributed by atoms with Gasteiger partial charge in [0.05, 0.1) is 5.92 Å². The van der Waals surface area contributed by atoms with Gasteiger partial charge in [-0.05, 0) is 11.1 Å². The van der Waals surface area contributed by atoms with Gasteiger partial charge in [0.25, 0.3) is 0 Å². The van der Waals surface area contributed by atoms with Crippen molar-refractivity contribution in [2.24, 2.45) is 11.7 Å². The number of hydrogen-bond donors (Lipinski definition) is 2. The van der Waals surface area contributed by atoms with E-state index in [1.54, 1.807) is 0 Å². The molecule has 0 aromatic heterocycles. The van der Waals surface area contributed by atoms with Crippen LogP contribution in [0.4, 0.5) is 0 Å². The van der Waals surface area contributed by atoms with Crippen LogP contribution in [0.1, 0.15) is 24.1 Å². The van der Waals surface area contributed by atoms with Gasteiger partial charge in [0.1, 0.15) is 0 Å². The predicted octanol–water partition coefficient (Wildman–Crippen LogP) is 2.39. The third kappa shape index (κ3) is 5.58. The summed E-state index contributed by atoms with van der Waals surface area (Å²) < 4.78 is 12.1. The SMILES string of the molecule is CC(C(=O)NCCS(=O)Cc1ccccc1)C(N)c1ccccc1. The minimum absolute atomic E-state index is 0.108. The van der Waals surface area contributed by atoms with E-state index in [1.165, 1.54) is 0 Å². The van der Waals surface area contributed by atoms with Crippen LogP contribution in [0.5, 0.6) is 0 Å². The Hall–Kier alpha value is -1.98. The monoisotopic (exact) mass is 344 g/mol. The lowest BCUT2D eigenvalue weighted by molar-refractivity contribution is -0.125. The third-order valence-corrected chi connectivity index (χ3v) is 5.25. The molecule has 0 radical (unpaired) electrons. The van der Waals surface area contributed by atoms with E-state index in [-0.39, 0.29) is 17.9 Å². The topological polar surface area (TPSA) is 72.2 Å². The summed E-state index contributed by atoms with van der Waals surface area (Å²) in [5.41, 5.74) is 8.13. The molecule has 0 saturated heterocycles. The highest BCUT2D eigenvalue weighted by Gasteiger charge is 2.21. The van der Waals surface area contributed by atoms with E-state index in [0.717, 1.165) is 11.1 Å². The summed E-state index contributed by atoms with van der Waals surface area (Å²) in [5.74, 6) is 0.502. The molecule has 0 aliphatic rings. The van der Waals surface area contributed by atoms with Gasteiger partial charge in [-0.15, -0.1) is 0 Å². The van der Waals surface area contributed by atoms with Crippen molar-refractivity contribution in [2.75, 3.05) is 12.3 Å². The first-order valence-electron chi connectivity index (χ1n) is 8.05. The lowest BCUT2D eigenvalue weighted by atomic mass is 9.95. The zero-order chi connectivity index (χ0) is 17.4. The lowest BCUT2D eigenvalue weighted by Crippen LogP contribution is -2.37. The van der Waals surface area contributed by atoms with Gasteiger partial charge < -0.3 is 11.1 Å². The molecular weight excluding hydrogens is 320 g/mol. The van der Waals surface area contributed by atoms with Crippen molar-refractivity contribution in [3.8, 4) is 0 Å². The fraction of sp³-hybridized carbons (Fsp3) is 0.316. The van der Waals surface area contributed by atoms with Crippen molar-refractivity contribution >= 4 is 16.7 Å². The molecule has 2 aromatic rings. The molecule has 24 heavy (non-hydrogen) atoms. The van der Waals surface area contributed by atoms with Crippen molar-refractivity contribution in [2.45, 2.75) is 18.7 Å². The number of nitrogens with two attached hydrogens (primary N) is 1. The van der Waals surface area contributed by atoms with Crippen LogP contribution >= 0.6 is 0 Å². The summed E-state index contributed by atoms with van der Waals surface area (Å²) >= 11 is 0. The molecule has 0 saturated carbocycles. The van der Waals surface area contributed by atoms with E-state index in [2.05, 4.69) is 5.32 Å². The van der Waals surface area contributed by atoms with Gasteiger partial charge in [0.15, 0.2) is 0 Å². The van der Waals surface area contributed by atoms with Gasteiger partial charge >= 0.3 is 0 Å². The lowest BCUT2D eigenvalue weighted by Gasteiger charge is -2.19. The molecule has 4 nitrogen and oxygen atoms in total. The second-order valence-corrected chi connectivity index (χ2v) is 7.37. The first kappa shape index (κ1) is 18.4. The van der Waals surface area contributed by atoms with E-state index in [0.29, 0.717) is 18.1 Å². The molecule has 0 fully saturated rings. The standard InChI is InChI=1S/C19H24N2O2S/c1-15(18(20)17-10-6-3-7-11-17)19(22)21-12-13-24(23)14-16-8-4-2-5-9-16/h2-11,15,18H,12-14,20H2,1H3,(H,21,22). The Balaban J connectivity index is 1.75. The molecule has 5 heteroatoms. The van der Waals surface area contributed by atoms with Crippen LogP contribution in [0.25, 0.3) is 0 Å². The van der Waals surface area contributed by atoms with Crippen molar-refractivity contribution in [1.82, 2.24) is 5.32 Å². The van der Waals surface area contributed by atoms with Crippen molar-refractivity contribution in [3.05, 3.63) is 71.8 Å². The van der Waals surface area contributed by atoms with Crippen molar-refractivity contribution in [3.63, 3.8) is 0 Å². The molecule has 0 aliphatic carbocycles. The summed E-state index contributed by atoms with van der Waals surface area (Å²) in [6.07, 6.45) is 0. The maximum Gasteiger partial charge on any atom is 0.224 e. The van der Waals surface area contributed by atoms with Gasteiger partial charge in [-0.3, -0.25) is 9.00 Å². The average Bonchev–Trinajstić information content (AvgIpc) is 2.62. The number of amides is 1. The van der Waals surface area contributed by atoms with Crippen LogP contribution in [-0.4, -0.2) is 22.4 Å². The van der Waals surface area contributed by atoms with Gasteiger partial charge in [-0.1, -0.05) is 67.6 Å². The third-order valence-electron chi connectivity index (χ3n) is 3.94. The van der Waals surface area contributed by atoms with Crippen molar-refractivity contribution < 1.29 is 9.00 Å². The Bertz CT molecular complexity index is 662.